The van der Waals surface area contributed by atoms with Gasteiger partial charge in [0.1, 0.15) is 5.69 Å². The molecule has 7 heteroatoms. The quantitative estimate of drug-likeness (QED) is 0.541. The third-order valence-corrected chi connectivity index (χ3v) is 8.19. The normalized spacial score (nSPS) is 21.1. The van der Waals surface area contributed by atoms with E-state index in [1.807, 2.05) is 43.9 Å². The average Bonchev–Trinajstić information content (AvgIpc) is 3.30. The Morgan fingerprint density at radius 2 is 1.97 bits per heavy atom. The van der Waals surface area contributed by atoms with Crippen molar-refractivity contribution in [1.82, 2.24) is 15.2 Å². The zero-order valence-electron chi connectivity index (χ0n) is 18.9. The van der Waals surface area contributed by atoms with Crippen LogP contribution in [0.25, 0.3) is 10.4 Å². The lowest BCUT2D eigenvalue weighted by molar-refractivity contribution is 0.0690. The molecule has 2 aliphatic rings. The van der Waals surface area contributed by atoms with Crippen molar-refractivity contribution in [2.24, 2.45) is 11.8 Å². The SMILES string of the molecule is Cc1cccc(-c2sc(C)nc2C(=O)N2C[C@H]3CC3[C@H]2CNC(=O)c2cccc(Cl)c2C)c1. The van der Waals surface area contributed by atoms with Gasteiger partial charge in [-0.25, -0.2) is 4.98 Å². The van der Waals surface area contributed by atoms with E-state index in [4.69, 9.17) is 11.6 Å². The molecule has 1 aliphatic heterocycles. The van der Waals surface area contributed by atoms with Crippen LogP contribution in [-0.4, -0.2) is 40.8 Å². The molecule has 170 valence electrons. The fourth-order valence-electron chi connectivity index (χ4n) is 4.90. The molecule has 1 saturated heterocycles. The zero-order chi connectivity index (χ0) is 23.3. The molecule has 0 radical (unpaired) electrons. The van der Waals surface area contributed by atoms with E-state index >= 15 is 0 Å². The molecule has 0 bridgehead atoms. The number of piperidine rings is 1. The summed E-state index contributed by atoms with van der Waals surface area (Å²) in [4.78, 5) is 34.0. The number of amides is 2. The van der Waals surface area contributed by atoms with Crippen LogP contribution in [-0.2, 0) is 0 Å². The predicted molar refractivity (Wildman–Crippen MR) is 132 cm³/mol. The monoisotopic (exact) mass is 479 g/mol. The van der Waals surface area contributed by atoms with Crippen molar-refractivity contribution in [3.63, 3.8) is 0 Å². The molecule has 2 heterocycles. The maximum absolute atomic E-state index is 13.7. The van der Waals surface area contributed by atoms with Gasteiger partial charge in [0.2, 0.25) is 0 Å². The van der Waals surface area contributed by atoms with Crippen molar-refractivity contribution in [2.45, 2.75) is 33.2 Å². The maximum atomic E-state index is 13.7. The van der Waals surface area contributed by atoms with Gasteiger partial charge >= 0.3 is 0 Å². The molecule has 1 unspecified atom stereocenters. The number of fused-ring (bicyclic) bond motifs is 1. The fourth-order valence-corrected chi connectivity index (χ4v) is 5.98. The number of benzene rings is 2. The summed E-state index contributed by atoms with van der Waals surface area (Å²) < 4.78 is 0. The number of thiazole rings is 1. The van der Waals surface area contributed by atoms with Crippen LogP contribution < -0.4 is 5.32 Å². The Kier molecular flexibility index (Phi) is 5.75. The van der Waals surface area contributed by atoms with Crippen LogP contribution in [0.3, 0.4) is 0 Å². The summed E-state index contributed by atoms with van der Waals surface area (Å²) in [6.45, 7) is 6.99. The number of rotatable bonds is 5. The Morgan fingerprint density at radius 3 is 2.76 bits per heavy atom. The molecule has 5 rings (SSSR count). The molecule has 33 heavy (non-hydrogen) atoms. The van der Waals surface area contributed by atoms with E-state index in [0.29, 0.717) is 34.7 Å². The summed E-state index contributed by atoms with van der Waals surface area (Å²) >= 11 is 7.74. The Hall–Kier alpha value is -2.70. The number of nitrogens with one attached hydrogen (secondary N) is 1. The van der Waals surface area contributed by atoms with Crippen molar-refractivity contribution < 1.29 is 9.59 Å². The molecule has 1 saturated carbocycles. The third kappa shape index (κ3) is 4.18. The summed E-state index contributed by atoms with van der Waals surface area (Å²) in [6.07, 6.45) is 1.11. The molecule has 3 atom stereocenters. The zero-order valence-corrected chi connectivity index (χ0v) is 20.5. The Balaban J connectivity index is 1.36. The number of halogens is 1. The standard InChI is InChI=1S/C26H26ClN3O2S/c1-14-6-4-7-17(10-14)24-23(29-16(3)33-24)26(32)30-13-18-11-20(18)22(30)12-28-25(31)19-8-5-9-21(27)15(19)2/h4-10,18,20,22H,11-13H2,1-3H3,(H,28,31)/t18-,20?,22-/m1/s1. The number of hydrogen-bond acceptors (Lipinski definition) is 4. The molecule has 2 fully saturated rings. The van der Waals surface area contributed by atoms with Crippen LogP contribution in [0.15, 0.2) is 42.5 Å². The summed E-state index contributed by atoms with van der Waals surface area (Å²) in [5.74, 6) is 0.764. The Bertz CT molecular complexity index is 1250. The number of aromatic nitrogens is 1. The van der Waals surface area contributed by atoms with Crippen molar-refractivity contribution in [2.75, 3.05) is 13.1 Å². The summed E-state index contributed by atoms with van der Waals surface area (Å²) in [6, 6.07) is 13.5. The van der Waals surface area contributed by atoms with Crippen LogP contribution in [0.2, 0.25) is 5.02 Å². The molecule has 2 amide bonds. The second kappa shape index (κ2) is 8.58. The van der Waals surface area contributed by atoms with E-state index in [0.717, 1.165) is 39.5 Å². The van der Waals surface area contributed by atoms with Crippen LogP contribution >= 0.6 is 22.9 Å². The highest BCUT2D eigenvalue weighted by Crippen LogP contribution is 2.50. The van der Waals surface area contributed by atoms with E-state index in [1.165, 1.54) is 0 Å². The first kappa shape index (κ1) is 22.1. The molecule has 1 N–H and O–H groups in total. The second-order valence-corrected chi connectivity index (χ2v) is 10.7. The van der Waals surface area contributed by atoms with Gasteiger partial charge in [0.05, 0.1) is 15.9 Å². The van der Waals surface area contributed by atoms with Crippen molar-refractivity contribution >= 4 is 34.8 Å². The van der Waals surface area contributed by atoms with Gasteiger partial charge in [-0.05, 0) is 62.3 Å². The summed E-state index contributed by atoms with van der Waals surface area (Å²) in [5, 5.41) is 4.50. The maximum Gasteiger partial charge on any atom is 0.274 e. The number of likely N-dealkylation sites (tertiary alicyclic amines) is 1. The molecule has 1 aromatic heterocycles. The van der Waals surface area contributed by atoms with Crippen LogP contribution in [0.5, 0.6) is 0 Å². The number of carbonyl (C=O) groups excluding carboxylic acids is 2. The molecule has 1 aliphatic carbocycles. The average molecular weight is 480 g/mol. The van der Waals surface area contributed by atoms with Gasteiger partial charge in [0, 0.05) is 23.7 Å². The van der Waals surface area contributed by atoms with Crippen LogP contribution in [0.4, 0.5) is 0 Å². The molecule has 5 nitrogen and oxygen atoms in total. The minimum atomic E-state index is -0.156. The highest BCUT2D eigenvalue weighted by Gasteiger charge is 2.54. The van der Waals surface area contributed by atoms with E-state index in [1.54, 1.807) is 29.5 Å². The highest BCUT2D eigenvalue weighted by atomic mass is 35.5. The van der Waals surface area contributed by atoms with Gasteiger partial charge in [-0.3, -0.25) is 9.59 Å². The van der Waals surface area contributed by atoms with Gasteiger partial charge in [0.15, 0.2) is 0 Å². The molecular weight excluding hydrogens is 454 g/mol. The molecule has 3 aromatic rings. The number of hydrogen-bond donors (Lipinski definition) is 1. The number of carbonyl (C=O) groups is 2. The van der Waals surface area contributed by atoms with E-state index < -0.39 is 0 Å². The number of nitrogens with zero attached hydrogens (tertiary/aromatic N) is 2. The first-order valence-electron chi connectivity index (χ1n) is 11.2. The van der Waals surface area contributed by atoms with Crippen LogP contribution in [0.1, 0.15) is 43.4 Å². The fraction of sp³-hybridized carbons (Fsp3) is 0.346. The lowest BCUT2D eigenvalue weighted by Crippen LogP contribution is -2.45. The lowest BCUT2D eigenvalue weighted by Gasteiger charge is -2.27. The van der Waals surface area contributed by atoms with Crippen molar-refractivity contribution in [1.29, 1.82) is 0 Å². The second-order valence-electron chi connectivity index (χ2n) is 9.09. The predicted octanol–water partition coefficient (Wildman–Crippen LogP) is 5.28. The topological polar surface area (TPSA) is 62.3 Å². The largest absolute Gasteiger partial charge is 0.350 e. The summed E-state index contributed by atoms with van der Waals surface area (Å²) in [5.41, 5.74) is 4.03. The minimum absolute atomic E-state index is 0.0155. The van der Waals surface area contributed by atoms with Gasteiger partial charge in [-0.1, -0.05) is 47.5 Å². The number of aryl methyl sites for hydroxylation is 2. The smallest absolute Gasteiger partial charge is 0.274 e. The first-order chi connectivity index (χ1) is 15.8. The van der Waals surface area contributed by atoms with E-state index in [9.17, 15) is 9.59 Å². The Labute approximate surface area is 202 Å². The van der Waals surface area contributed by atoms with E-state index in [2.05, 4.69) is 16.4 Å². The molecule has 0 spiro atoms. The van der Waals surface area contributed by atoms with Crippen LogP contribution in [0, 0.1) is 32.6 Å². The first-order valence-corrected chi connectivity index (χ1v) is 12.4. The van der Waals surface area contributed by atoms with Crippen molar-refractivity contribution in [3.8, 4) is 10.4 Å². The van der Waals surface area contributed by atoms with Crippen molar-refractivity contribution in [3.05, 3.63) is 74.9 Å². The van der Waals surface area contributed by atoms with Gasteiger partial charge in [-0.2, -0.15) is 0 Å². The van der Waals surface area contributed by atoms with E-state index in [-0.39, 0.29) is 17.9 Å². The van der Waals surface area contributed by atoms with Gasteiger partial charge < -0.3 is 10.2 Å². The Morgan fingerprint density at radius 1 is 1.18 bits per heavy atom. The third-order valence-electron chi connectivity index (χ3n) is 6.76. The molecule has 2 aromatic carbocycles. The highest BCUT2D eigenvalue weighted by molar-refractivity contribution is 7.15. The summed E-state index contributed by atoms with van der Waals surface area (Å²) in [7, 11) is 0. The molecular formula is C26H26ClN3O2S. The minimum Gasteiger partial charge on any atom is -0.350 e. The van der Waals surface area contributed by atoms with Gasteiger partial charge in [-0.15, -0.1) is 11.3 Å². The van der Waals surface area contributed by atoms with Gasteiger partial charge in [0.25, 0.3) is 11.8 Å². The lowest BCUT2D eigenvalue weighted by atomic mass is 10.1.